The highest BCUT2D eigenvalue weighted by atomic mass is 35.5. The minimum absolute atomic E-state index is 0.143. The molecular weight excluding hydrogens is 472 g/mol. The predicted molar refractivity (Wildman–Crippen MR) is 133 cm³/mol. The van der Waals surface area contributed by atoms with E-state index in [2.05, 4.69) is 19.9 Å². The molecule has 0 aromatic heterocycles. The van der Waals surface area contributed by atoms with E-state index in [1.807, 2.05) is 19.1 Å². The lowest BCUT2D eigenvalue weighted by atomic mass is 9.79. The molecule has 2 aliphatic rings. The number of Topliss-reactive ketones (excluding diaryl/α,β-unsaturated/α-hetero) is 2. The minimum Gasteiger partial charge on any atom is -0.480 e. The number of nitrogens with two attached hydrogens (primary N) is 1. The van der Waals surface area contributed by atoms with Crippen LogP contribution in [0.4, 0.5) is 0 Å². The van der Waals surface area contributed by atoms with Gasteiger partial charge in [-0.3, -0.25) is 19.2 Å². The summed E-state index contributed by atoms with van der Waals surface area (Å²) in [5.74, 6) is -2.90. The molecule has 0 bridgehead atoms. The Morgan fingerprint density at radius 1 is 1.29 bits per heavy atom. The molecule has 9 heteroatoms. The molecule has 0 unspecified atom stereocenters. The fourth-order valence-corrected chi connectivity index (χ4v) is 4.16. The van der Waals surface area contributed by atoms with Crippen molar-refractivity contribution in [2.75, 3.05) is 6.54 Å². The molecule has 0 aromatic carbocycles. The Labute approximate surface area is 210 Å². The van der Waals surface area contributed by atoms with Crippen molar-refractivity contribution in [3.63, 3.8) is 0 Å². The monoisotopic (exact) mass is 504 g/mol. The lowest BCUT2D eigenvalue weighted by Gasteiger charge is -2.35. The van der Waals surface area contributed by atoms with Crippen molar-refractivity contribution in [2.24, 2.45) is 11.7 Å². The van der Waals surface area contributed by atoms with Crippen LogP contribution in [-0.2, 0) is 23.9 Å². The van der Waals surface area contributed by atoms with E-state index in [1.54, 1.807) is 17.2 Å². The number of carboxylic acids is 1. The van der Waals surface area contributed by atoms with E-state index in [0.717, 1.165) is 18.9 Å². The molecule has 3 N–H and O–H groups in total. The molecule has 0 spiro atoms. The maximum absolute atomic E-state index is 13.3. The van der Waals surface area contributed by atoms with Crippen molar-refractivity contribution in [1.29, 1.82) is 0 Å². The van der Waals surface area contributed by atoms with Crippen molar-refractivity contribution in [1.82, 2.24) is 4.90 Å². The van der Waals surface area contributed by atoms with Crippen molar-refractivity contribution >= 4 is 35.1 Å². The molecule has 1 aliphatic heterocycles. The molecule has 8 nitrogen and oxygen atoms in total. The summed E-state index contributed by atoms with van der Waals surface area (Å²) in [7, 11) is 0. The molecule has 0 fully saturated rings. The third kappa shape index (κ3) is 6.58. The second kappa shape index (κ2) is 11.6. The van der Waals surface area contributed by atoms with Crippen LogP contribution in [0.15, 0.2) is 58.0 Å². The molecule has 1 heterocycles. The van der Waals surface area contributed by atoms with Gasteiger partial charge in [-0.25, -0.2) is 0 Å². The van der Waals surface area contributed by atoms with E-state index in [0.29, 0.717) is 24.6 Å². The highest BCUT2D eigenvalue weighted by Gasteiger charge is 2.52. The topological polar surface area (TPSA) is 127 Å². The number of ketones is 2. The maximum atomic E-state index is 13.3. The maximum Gasteiger partial charge on any atom is 0.320 e. The van der Waals surface area contributed by atoms with Crippen LogP contribution in [-0.4, -0.2) is 51.7 Å². The van der Waals surface area contributed by atoms with E-state index >= 15 is 0 Å². The Kier molecular flexibility index (Phi) is 9.40. The lowest BCUT2D eigenvalue weighted by Crippen LogP contribution is -2.52. The summed E-state index contributed by atoms with van der Waals surface area (Å²) >= 11 is 6.38. The number of ether oxygens (including phenoxy) is 1. The van der Waals surface area contributed by atoms with Gasteiger partial charge in [0.2, 0.25) is 17.2 Å². The van der Waals surface area contributed by atoms with Crippen molar-refractivity contribution in [2.45, 2.75) is 65.5 Å². The zero-order valence-corrected chi connectivity index (χ0v) is 21.5. The number of rotatable bonds is 10. The van der Waals surface area contributed by atoms with Gasteiger partial charge in [0, 0.05) is 36.5 Å². The van der Waals surface area contributed by atoms with Gasteiger partial charge in [-0.05, 0) is 44.8 Å². The van der Waals surface area contributed by atoms with Crippen LogP contribution in [0.1, 0.15) is 53.9 Å². The number of fused-ring (bicyclic) bond motifs is 1. The van der Waals surface area contributed by atoms with E-state index < -0.39 is 35.1 Å². The smallest absolute Gasteiger partial charge is 0.320 e. The largest absolute Gasteiger partial charge is 0.480 e. The van der Waals surface area contributed by atoms with E-state index in [4.69, 9.17) is 27.2 Å². The quantitative estimate of drug-likeness (QED) is 0.261. The molecular formula is C26H33ClN2O6. The molecule has 0 amide bonds. The van der Waals surface area contributed by atoms with E-state index in [1.165, 1.54) is 6.92 Å². The Hall–Kier alpha value is -2.97. The number of carboxylic acid groups (broad SMARTS) is 1. The molecule has 0 saturated carbocycles. The molecule has 0 saturated heterocycles. The van der Waals surface area contributed by atoms with Gasteiger partial charge in [0.25, 0.3) is 0 Å². The van der Waals surface area contributed by atoms with Gasteiger partial charge in [-0.2, -0.15) is 0 Å². The number of esters is 1. The minimum atomic E-state index is -2.05. The van der Waals surface area contributed by atoms with Crippen LogP contribution >= 0.6 is 11.6 Å². The first kappa shape index (κ1) is 28.3. The lowest BCUT2D eigenvalue weighted by molar-refractivity contribution is -0.167. The number of hydrogen-bond acceptors (Lipinski definition) is 7. The summed E-state index contributed by atoms with van der Waals surface area (Å²) < 4.78 is 5.11. The summed E-state index contributed by atoms with van der Waals surface area (Å²) in [6.07, 6.45) is 10.8. The number of allylic oxidation sites excluding steroid dienone is 6. The van der Waals surface area contributed by atoms with Crippen molar-refractivity contribution in [3.8, 4) is 0 Å². The second-order valence-corrected chi connectivity index (χ2v) is 9.41. The highest BCUT2D eigenvalue weighted by Crippen LogP contribution is 2.39. The Bertz CT molecular complexity index is 1070. The number of carbonyl (C=O) groups excluding carboxylic acids is 3. The zero-order chi connectivity index (χ0) is 26.5. The first-order chi connectivity index (χ1) is 16.3. The van der Waals surface area contributed by atoms with Gasteiger partial charge in [-0.1, -0.05) is 49.6 Å². The van der Waals surface area contributed by atoms with Crippen LogP contribution in [0.2, 0.25) is 0 Å². The molecule has 2 rings (SSSR count). The number of halogens is 1. The second-order valence-electron chi connectivity index (χ2n) is 9.03. The summed E-state index contributed by atoms with van der Waals surface area (Å²) in [5.41, 5.74) is 5.69. The summed E-state index contributed by atoms with van der Waals surface area (Å²) in [6.45, 7) is 8.92. The van der Waals surface area contributed by atoms with Gasteiger partial charge < -0.3 is 20.5 Å². The number of aliphatic carboxylic acids is 1. The third-order valence-corrected chi connectivity index (χ3v) is 6.41. The zero-order valence-electron chi connectivity index (χ0n) is 20.8. The van der Waals surface area contributed by atoms with E-state index in [9.17, 15) is 19.2 Å². The van der Waals surface area contributed by atoms with Crippen LogP contribution < -0.4 is 5.73 Å². The Balaban J connectivity index is 2.49. The Morgan fingerprint density at radius 2 is 1.94 bits per heavy atom. The summed E-state index contributed by atoms with van der Waals surface area (Å²) in [5, 5.41) is 8.87. The van der Waals surface area contributed by atoms with Crippen LogP contribution in [0.3, 0.4) is 0 Å². The van der Waals surface area contributed by atoms with Crippen LogP contribution in [0, 0.1) is 5.92 Å². The summed E-state index contributed by atoms with van der Waals surface area (Å²) in [6, 6.07) is -0.998. The number of hydrogen-bond donors (Lipinski definition) is 2. The normalized spacial score (nSPS) is 22.6. The first-order valence-electron chi connectivity index (χ1n) is 11.6. The third-order valence-electron chi connectivity index (χ3n) is 6.03. The molecule has 0 aromatic rings. The fourth-order valence-electron chi connectivity index (χ4n) is 3.82. The average molecular weight is 505 g/mol. The number of nitrogens with zero attached hydrogens (tertiary/aromatic N) is 1. The van der Waals surface area contributed by atoms with Gasteiger partial charge in [0.05, 0.1) is 5.03 Å². The average Bonchev–Trinajstić information content (AvgIpc) is 2.79. The highest BCUT2D eigenvalue weighted by molar-refractivity contribution is 6.49. The van der Waals surface area contributed by atoms with E-state index in [-0.39, 0.29) is 22.6 Å². The standard InChI is InChI=1S/C26H33ClN2O6/c1-6-15(2)12-16(3)9-10-18-13-19-20(14-29(18)11-7-8-21(28)25(33)34)23(31)26(5,35-17(4)30)24(32)22(19)27/h9-10,12-15,21H,6-8,11,28H2,1-5H3,(H,33,34)/b10-9+,16-12+/t15-,21+,26-/m1/s1. The molecule has 3 atom stereocenters. The predicted octanol–water partition coefficient (Wildman–Crippen LogP) is 3.78. The SMILES string of the molecule is CC[C@@H](C)/C=C(C)/C=C/C1=CC2=C(Cl)C(=O)[C@](C)(OC(C)=O)C(=O)C2=CN1CCC[C@H](N)C(=O)O. The fraction of sp³-hybridized carbons (Fsp3) is 0.462. The van der Waals surface area contributed by atoms with Gasteiger partial charge in [0.15, 0.2) is 0 Å². The van der Waals surface area contributed by atoms with Crippen LogP contribution in [0.5, 0.6) is 0 Å². The first-order valence-corrected chi connectivity index (χ1v) is 11.9. The van der Waals surface area contributed by atoms with Crippen molar-refractivity contribution < 1.29 is 29.0 Å². The van der Waals surface area contributed by atoms with Crippen molar-refractivity contribution in [3.05, 3.63) is 58.0 Å². The summed E-state index contributed by atoms with van der Waals surface area (Å²) in [4.78, 5) is 50.6. The molecule has 0 radical (unpaired) electrons. The van der Waals surface area contributed by atoms with Gasteiger partial charge in [-0.15, -0.1) is 0 Å². The van der Waals surface area contributed by atoms with Gasteiger partial charge >= 0.3 is 11.9 Å². The van der Waals surface area contributed by atoms with Crippen LogP contribution in [0.25, 0.3) is 0 Å². The molecule has 190 valence electrons. The molecule has 1 aliphatic carbocycles. The number of carbonyl (C=O) groups is 4. The molecule has 35 heavy (non-hydrogen) atoms. The van der Waals surface area contributed by atoms with Gasteiger partial charge in [0.1, 0.15) is 6.04 Å². The Morgan fingerprint density at radius 3 is 2.51 bits per heavy atom.